The normalized spacial score (nSPS) is 23.9. The minimum Gasteiger partial charge on any atom is -0.349 e. The highest BCUT2D eigenvalue weighted by Gasteiger charge is 2.48. The third-order valence-corrected chi connectivity index (χ3v) is 6.07. The molecule has 158 valence electrons. The van der Waals surface area contributed by atoms with E-state index in [1.54, 1.807) is 6.92 Å². The summed E-state index contributed by atoms with van der Waals surface area (Å²) in [6, 6.07) is 13.3. The highest BCUT2D eigenvalue weighted by Crippen LogP contribution is 2.25. The quantitative estimate of drug-likeness (QED) is 0.713. The van der Waals surface area contributed by atoms with Crippen molar-refractivity contribution < 1.29 is 14.4 Å². The Bertz CT molecular complexity index is 957. The van der Waals surface area contributed by atoms with Crippen LogP contribution in [-0.2, 0) is 22.6 Å². The molecule has 3 heterocycles. The van der Waals surface area contributed by atoms with Crippen LogP contribution in [0.1, 0.15) is 37.6 Å². The Morgan fingerprint density at radius 2 is 1.93 bits per heavy atom. The lowest BCUT2D eigenvalue weighted by Gasteiger charge is -2.34. The smallest absolute Gasteiger partial charge is 0.344 e. The molecule has 0 unspecified atom stereocenters. The number of carbonyl (C=O) groups excluding carboxylic acids is 3. The fourth-order valence-electron chi connectivity index (χ4n) is 4.18. The van der Waals surface area contributed by atoms with Crippen molar-refractivity contribution in [2.24, 2.45) is 0 Å². The summed E-state index contributed by atoms with van der Waals surface area (Å²) in [4.78, 5) is 39.9. The second-order valence-corrected chi connectivity index (χ2v) is 8.20. The maximum atomic E-state index is 12.9. The van der Waals surface area contributed by atoms with Gasteiger partial charge in [-0.15, -0.1) is 0 Å². The standard InChI is InChI=1S/C22H27N5O3/c1-16-18-9-6-12-25(18)13-14-26(16)15-19(28)24-27-20(29)22(2,23-21(27)30)11-10-17-7-4-3-5-8-17/h3-9,12,16H,10-11,13-15H2,1-2H3,(H,23,30)(H,24,28)/t16-,22-/m0/s1. The topological polar surface area (TPSA) is 86.7 Å². The van der Waals surface area contributed by atoms with Crippen molar-refractivity contribution in [3.8, 4) is 0 Å². The van der Waals surface area contributed by atoms with Crippen molar-refractivity contribution in [1.82, 2.24) is 25.2 Å². The highest BCUT2D eigenvalue weighted by atomic mass is 16.2. The van der Waals surface area contributed by atoms with Gasteiger partial charge in [0.15, 0.2) is 0 Å². The lowest BCUT2D eigenvalue weighted by atomic mass is 9.93. The van der Waals surface area contributed by atoms with Gasteiger partial charge in [0.2, 0.25) is 0 Å². The van der Waals surface area contributed by atoms with Gasteiger partial charge < -0.3 is 9.88 Å². The number of imide groups is 1. The molecule has 2 N–H and O–H groups in total. The number of urea groups is 1. The van der Waals surface area contributed by atoms with Crippen LogP contribution in [0.25, 0.3) is 0 Å². The second kappa shape index (κ2) is 7.95. The zero-order valence-electron chi connectivity index (χ0n) is 17.3. The molecule has 1 fully saturated rings. The predicted octanol–water partition coefficient (Wildman–Crippen LogP) is 1.84. The Kier molecular flexibility index (Phi) is 5.34. The van der Waals surface area contributed by atoms with Crippen molar-refractivity contribution in [3.05, 3.63) is 59.9 Å². The van der Waals surface area contributed by atoms with Gasteiger partial charge in [-0.1, -0.05) is 30.3 Å². The summed E-state index contributed by atoms with van der Waals surface area (Å²) >= 11 is 0. The molecule has 8 heteroatoms. The molecule has 4 amide bonds. The Hall–Kier alpha value is -3.13. The molecule has 1 aromatic heterocycles. The number of hydrogen-bond acceptors (Lipinski definition) is 4. The van der Waals surface area contributed by atoms with E-state index in [1.807, 2.05) is 60.5 Å². The lowest BCUT2D eigenvalue weighted by Crippen LogP contribution is -2.52. The van der Waals surface area contributed by atoms with E-state index in [1.165, 1.54) is 0 Å². The summed E-state index contributed by atoms with van der Waals surface area (Å²) in [5, 5.41) is 3.56. The molecule has 30 heavy (non-hydrogen) atoms. The fraction of sp³-hybridized carbons (Fsp3) is 0.409. The molecule has 0 spiro atoms. The number of benzene rings is 1. The molecule has 2 aliphatic rings. The van der Waals surface area contributed by atoms with Crippen molar-refractivity contribution in [2.75, 3.05) is 13.1 Å². The van der Waals surface area contributed by atoms with Gasteiger partial charge in [0, 0.05) is 31.0 Å². The molecular weight excluding hydrogens is 382 g/mol. The summed E-state index contributed by atoms with van der Waals surface area (Å²) in [6.07, 6.45) is 3.14. The molecule has 2 atom stereocenters. The van der Waals surface area contributed by atoms with E-state index in [0.717, 1.165) is 29.4 Å². The minimum absolute atomic E-state index is 0.0822. The van der Waals surface area contributed by atoms with Crippen LogP contribution in [0, 0.1) is 0 Å². The summed E-state index contributed by atoms with van der Waals surface area (Å²) in [7, 11) is 0. The molecular formula is C22H27N5O3. The summed E-state index contributed by atoms with van der Waals surface area (Å²) < 4.78 is 2.18. The maximum absolute atomic E-state index is 12.9. The number of rotatable bonds is 6. The number of nitrogens with one attached hydrogen (secondary N) is 2. The first kappa shape index (κ1) is 20.2. The average molecular weight is 409 g/mol. The molecule has 0 bridgehead atoms. The summed E-state index contributed by atoms with van der Waals surface area (Å²) in [5.74, 6) is -0.810. The molecule has 0 aliphatic carbocycles. The Labute approximate surface area is 175 Å². The number of aromatic nitrogens is 1. The van der Waals surface area contributed by atoms with E-state index in [9.17, 15) is 14.4 Å². The molecule has 0 saturated carbocycles. The first-order valence-electron chi connectivity index (χ1n) is 10.3. The Morgan fingerprint density at radius 3 is 2.70 bits per heavy atom. The van der Waals surface area contributed by atoms with E-state index in [-0.39, 0.29) is 18.5 Å². The number of hydrazine groups is 1. The lowest BCUT2D eigenvalue weighted by molar-refractivity contribution is -0.139. The molecule has 4 rings (SSSR count). The van der Waals surface area contributed by atoms with Gasteiger partial charge in [-0.25, -0.2) is 4.79 Å². The minimum atomic E-state index is -1.04. The molecule has 2 aliphatic heterocycles. The molecule has 1 saturated heterocycles. The van der Waals surface area contributed by atoms with Gasteiger partial charge in [0.1, 0.15) is 5.54 Å². The third-order valence-electron chi connectivity index (χ3n) is 6.07. The number of amides is 4. The first-order valence-corrected chi connectivity index (χ1v) is 10.3. The molecule has 0 radical (unpaired) electrons. The van der Waals surface area contributed by atoms with Crippen LogP contribution >= 0.6 is 0 Å². The van der Waals surface area contributed by atoms with E-state index in [4.69, 9.17) is 0 Å². The largest absolute Gasteiger partial charge is 0.349 e. The van der Waals surface area contributed by atoms with Crippen LogP contribution in [0.5, 0.6) is 0 Å². The van der Waals surface area contributed by atoms with Crippen LogP contribution in [-0.4, -0.2) is 50.9 Å². The van der Waals surface area contributed by atoms with Gasteiger partial charge in [-0.05, 0) is 44.4 Å². The Morgan fingerprint density at radius 1 is 1.17 bits per heavy atom. The number of carbonyl (C=O) groups is 3. The van der Waals surface area contributed by atoms with Crippen LogP contribution in [0.4, 0.5) is 4.79 Å². The Balaban J connectivity index is 1.35. The van der Waals surface area contributed by atoms with E-state index in [2.05, 4.69) is 15.3 Å². The van der Waals surface area contributed by atoms with Crippen LogP contribution < -0.4 is 10.7 Å². The number of fused-ring (bicyclic) bond motifs is 1. The number of nitrogens with zero attached hydrogens (tertiary/aromatic N) is 3. The van der Waals surface area contributed by atoms with Gasteiger partial charge in [0.25, 0.3) is 11.8 Å². The third kappa shape index (κ3) is 3.82. The SMILES string of the molecule is C[C@H]1c2cccn2CCN1CC(=O)NN1C(=O)N[C@@](C)(CCc2ccccc2)C1=O. The van der Waals surface area contributed by atoms with E-state index >= 15 is 0 Å². The summed E-state index contributed by atoms with van der Waals surface area (Å²) in [6.45, 7) is 5.39. The van der Waals surface area contributed by atoms with Gasteiger partial charge in [-0.2, -0.15) is 5.01 Å². The zero-order chi connectivity index (χ0) is 21.3. The number of hydrogen-bond donors (Lipinski definition) is 2. The van der Waals surface area contributed by atoms with Crippen molar-refractivity contribution in [1.29, 1.82) is 0 Å². The van der Waals surface area contributed by atoms with Crippen LogP contribution in [0.3, 0.4) is 0 Å². The van der Waals surface area contributed by atoms with Crippen molar-refractivity contribution in [2.45, 2.75) is 44.8 Å². The zero-order valence-corrected chi connectivity index (χ0v) is 17.3. The highest BCUT2D eigenvalue weighted by molar-refractivity contribution is 6.07. The van der Waals surface area contributed by atoms with Gasteiger partial charge in [0.05, 0.1) is 6.54 Å². The van der Waals surface area contributed by atoms with E-state index < -0.39 is 17.5 Å². The molecule has 2 aromatic rings. The van der Waals surface area contributed by atoms with Gasteiger partial charge >= 0.3 is 6.03 Å². The van der Waals surface area contributed by atoms with Crippen LogP contribution in [0.2, 0.25) is 0 Å². The van der Waals surface area contributed by atoms with Gasteiger partial charge in [-0.3, -0.25) is 19.9 Å². The van der Waals surface area contributed by atoms with Crippen LogP contribution in [0.15, 0.2) is 48.7 Å². The van der Waals surface area contributed by atoms with Crippen molar-refractivity contribution in [3.63, 3.8) is 0 Å². The molecule has 8 nitrogen and oxygen atoms in total. The molecule has 1 aromatic carbocycles. The summed E-state index contributed by atoms with van der Waals surface area (Å²) in [5.41, 5.74) is 3.70. The van der Waals surface area contributed by atoms with E-state index in [0.29, 0.717) is 12.8 Å². The number of aryl methyl sites for hydroxylation is 1. The van der Waals surface area contributed by atoms with Crippen molar-refractivity contribution >= 4 is 17.8 Å². The maximum Gasteiger partial charge on any atom is 0.344 e. The second-order valence-electron chi connectivity index (χ2n) is 8.20. The fourth-order valence-corrected chi connectivity index (χ4v) is 4.18. The predicted molar refractivity (Wildman–Crippen MR) is 111 cm³/mol. The first-order chi connectivity index (χ1) is 14.4. The monoisotopic (exact) mass is 409 g/mol. The average Bonchev–Trinajstić information content (AvgIpc) is 3.29.